The predicted molar refractivity (Wildman–Crippen MR) is 106 cm³/mol. The maximum absolute atomic E-state index is 12.7. The molecule has 5 nitrogen and oxygen atoms in total. The number of benzene rings is 1. The van der Waals surface area contributed by atoms with Gasteiger partial charge in [0, 0.05) is 17.4 Å². The zero-order valence-electron chi connectivity index (χ0n) is 16.7. The van der Waals surface area contributed by atoms with Crippen LogP contribution >= 0.6 is 0 Å². The van der Waals surface area contributed by atoms with Crippen molar-refractivity contribution in [1.82, 2.24) is 15.1 Å². The fourth-order valence-corrected chi connectivity index (χ4v) is 3.18. The van der Waals surface area contributed by atoms with Gasteiger partial charge in [0.25, 0.3) is 0 Å². The Morgan fingerprint density at radius 1 is 1.27 bits per heavy atom. The molecule has 1 saturated heterocycles. The molecule has 0 saturated carbocycles. The number of carbonyl (C=O) groups is 1. The lowest BCUT2D eigenvalue weighted by atomic mass is 9.88. The standard InChI is InChI=1S/C21H30N4O/c1-13-7-8-17(14(2)9-13)25-19(10-18(24-25)21(4,5)6)23-20(26)15(3)16-11-22-12-16/h7-10,15-16,22H,11-12H2,1-6H3,(H,23,26). The highest BCUT2D eigenvalue weighted by molar-refractivity contribution is 5.92. The molecule has 2 aromatic rings. The highest BCUT2D eigenvalue weighted by atomic mass is 16.2. The molecule has 1 atom stereocenters. The van der Waals surface area contributed by atoms with Crippen molar-refractivity contribution in [2.75, 3.05) is 18.4 Å². The van der Waals surface area contributed by atoms with Crippen molar-refractivity contribution < 1.29 is 4.79 Å². The highest BCUT2D eigenvalue weighted by Gasteiger charge is 2.30. The molecule has 1 aromatic carbocycles. The number of aromatic nitrogens is 2. The molecule has 0 radical (unpaired) electrons. The summed E-state index contributed by atoms with van der Waals surface area (Å²) in [6.07, 6.45) is 0. The molecule has 5 heteroatoms. The van der Waals surface area contributed by atoms with Gasteiger partial charge in [-0.3, -0.25) is 4.79 Å². The smallest absolute Gasteiger partial charge is 0.228 e. The Bertz CT molecular complexity index is 812. The zero-order chi connectivity index (χ0) is 19.1. The van der Waals surface area contributed by atoms with Crippen LogP contribution in [0.25, 0.3) is 5.69 Å². The number of nitrogens with one attached hydrogen (secondary N) is 2. The third-order valence-corrected chi connectivity index (χ3v) is 5.24. The summed E-state index contributed by atoms with van der Waals surface area (Å²) in [5.41, 5.74) is 4.23. The lowest BCUT2D eigenvalue weighted by Gasteiger charge is -2.31. The van der Waals surface area contributed by atoms with Gasteiger partial charge in [0.15, 0.2) is 0 Å². The van der Waals surface area contributed by atoms with Gasteiger partial charge in [-0.25, -0.2) is 4.68 Å². The molecule has 26 heavy (non-hydrogen) atoms. The minimum Gasteiger partial charge on any atom is -0.316 e. The Kier molecular flexibility index (Phi) is 4.93. The summed E-state index contributed by atoms with van der Waals surface area (Å²) < 4.78 is 1.87. The summed E-state index contributed by atoms with van der Waals surface area (Å²) in [6, 6.07) is 8.29. The Labute approximate surface area is 156 Å². The molecular weight excluding hydrogens is 324 g/mol. The summed E-state index contributed by atoms with van der Waals surface area (Å²) in [5.74, 6) is 1.19. The van der Waals surface area contributed by atoms with Gasteiger partial charge in [0.1, 0.15) is 5.82 Å². The van der Waals surface area contributed by atoms with Crippen LogP contribution in [0.3, 0.4) is 0 Å². The van der Waals surface area contributed by atoms with E-state index in [1.807, 2.05) is 17.7 Å². The van der Waals surface area contributed by atoms with Gasteiger partial charge in [-0.1, -0.05) is 45.4 Å². The van der Waals surface area contributed by atoms with Gasteiger partial charge in [-0.2, -0.15) is 5.10 Å². The van der Waals surface area contributed by atoms with Gasteiger partial charge < -0.3 is 10.6 Å². The normalized spacial score (nSPS) is 16.2. The average Bonchev–Trinajstić information content (AvgIpc) is 2.89. The summed E-state index contributed by atoms with van der Waals surface area (Å²) in [5, 5.41) is 11.2. The maximum Gasteiger partial charge on any atom is 0.228 e. The minimum atomic E-state index is -0.0904. The van der Waals surface area contributed by atoms with Crippen LogP contribution in [0.4, 0.5) is 5.82 Å². The van der Waals surface area contributed by atoms with Crippen molar-refractivity contribution in [3.8, 4) is 5.69 Å². The van der Waals surface area contributed by atoms with E-state index in [0.717, 1.165) is 35.9 Å². The highest BCUT2D eigenvalue weighted by Crippen LogP contribution is 2.28. The summed E-state index contributed by atoms with van der Waals surface area (Å²) >= 11 is 0. The van der Waals surface area contributed by atoms with Crippen molar-refractivity contribution >= 4 is 11.7 Å². The summed E-state index contributed by atoms with van der Waals surface area (Å²) in [6.45, 7) is 14.4. The monoisotopic (exact) mass is 354 g/mol. The maximum atomic E-state index is 12.7. The average molecular weight is 354 g/mol. The van der Waals surface area contributed by atoms with Crippen molar-refractivity contribution in [2.45, 2.75) is 47.0 Å². The van der Waals surface area contributed by atoms with Crippen LogP contribution in [0.2, 0.25) is 0 Å². The van der Waals surface area contributed by atoms with Crippen LogP contribution in [0.5, 0.6) is 0 Å². The molecule has 1 amide bonds. The van der Waals surface area contributed by atoms with Gasteiger partial charge >= 0.3 is 0 Å². The van der Waals surface area contributed by atoms with Gasteiger partial charge in [-0.05, 0) is 44.5 Å². The number of nitrogens with zero attached hydrogens (tertiary/aromatic N) is 2. The Morgan fingerprint density at radius 2 is 1.96 bits per heavy atom. The van der Waals surface area contributed by atoms with Crippen LogP contribution in [0.15, 0.2) is 24.3 Å². The van der Waals surface area contributed by atoms with E-state index in [4.69, 9.17) is 5.10 Å². The number of amides is 1. The lowest BCUT2D eigenvalue weighted by molar-refractivity contribution is -0.121. The molecule has 1 aliphatic heterocycles. The van der Waals surface area contributed by atoms with Crippen molar-refractivity contribution in [3.63, 3.8) is 0 Å². The predicted octanol–water partition coefficient (Wildman–Crippen LogP) is 3.58. The summed E-state index contributed by atoms with van der Waals surface area (Å²) in [4.78, 5) is 12.7. The van der Waals surface area contributed by atoms with E-state index in [1.54, 1.807) is 0 Å². The number of rotatable bonds is 4. The number of hydrogen-bond donors (Lipinski definition) is 2. The van der Waals surface area contributed by atoms with Crippen LogP contribution in [-0.4, -0.2) is 28.8 Å². The third-order valence-electron chi connectivity index (χ3n) is 5.24. The van der Waals surface area contributed by atoms with E-state index in [2.05, 4.69) is 63.5 Å². The van der Waals surface area contributed by atoms with Crippen LogP contribution < -0.4 is 10.6 Å². The van der Waals surface area contributed by atoms with Crippen LogP contribution in [-0.2, 0) is 10.2 Å². The molecule has 2 N–H and O–H groups in total. The van der Waals surface area contributed by atoms with Crippen molar-refractivity contribution in [3.05, 3.63) is 41.1 Å². The quantitative estimate of drug-likeness (QED) is 0.882. The second kappa shape index (κ2) is 6.88. The third kappa shape index (κ3) is 3.68. The molecule has 3 rings (SSSR count). The molecule has 0 spiro atoms. The summed E-state index contributed by atoms with van der Waals surface area (Å²) in [7, 11) is 0. The number of hydrogen-bond acceptors (Lipinski definition) is 3. The fourth-order valence-electron chi connectivity index (χ4n) is 3.18. The van der Waals surface area contributed by atoms with Crippen LogP contribution in [0.1, 0.15) is 44.5 Å². The zero-order valence-corrected chi connectivity index (χ0v) is 16.7. The van der Waals surface area contributed by atoms with Crippen molar-refractivity contribution in [1.29, 1.82) is 0 Å². The van der Waals surface area contributed by atoms with Crippen molar-refractivity contribution in [2.24, 2.45) is 11.8 Å². The van der Waals surface area contributed by atoms with E-state index in [0.29, 0.717) is 5.92 Å². The SMILES string of the molecule is Cc1ccc(-n2nc(C(C)(C)C)cc2NC(=O)C(C)C2CNC2)c(C)c1. The molecule has 2 heterocycles. The molecular formula is C21H30N4O. The number of aryl methyl sites for hydroxylation is 2. The van der Waals surface area contributed by atoms with E-state index < -0.39 is 0 Å². The Morgan fingerprint density at radius 3 is 2.50 bits per heavy atom. The molecule has 1 unspecified atom stereocenters. The van der Waals surface area contributed by atoms with Crippen LogP contribution in [0, 0.1) is 25.7 Å². The first kappa shape index (κ1) is 18.6. The molecule has 140 valence electrons. The van der Waals surface area contributed by atoms with E-state index in [9.17, 15) is 4.79 Å². The Hall–Kier alpha value is -2.14. The molecule has 0 bridgehead atoms. The lowest BCUT2D eigenvalue weighted by Crippen LogP contribution is -2.48. The van der Waals surface area contributed by atoms with E-state index in [-0.39, 0.29) is 17.2 Å². The van der Waals surface area contributed by atoms with Gasteiger partial charge in [0.05, 0.1) is 11.4 Å². The first-order chi connectivity index (χ1) is 12.2. The fraction of sp³-hybridized carbons (Fsp3) is 0.524. The Balaban J connectivity index is 1.97. The molecule has 1 aromatic heterocycles. The minimum absolute atomic E-state index is 0.0169. The second-order valence-corrected chi connectivity index (χ2v) is 8.56. The second-order valence-electron chi connectivity index (χ2n) is 8.56. The first-order valence-corrected chi connectivity index (χ1v) is 9.36. The topological polar surface area (TPSA) is 59.0 Å². The van der Waals surface area contributed by atoms with E-state index in [1.165, 1.54) is 5.56 Å². The van der Waals surface area contributed by atoms with Gasteiger partial charge in [0.2, 0.25) is 5.91 Å². The largest absolute Gasteiger partial charge is 0.316 e. The van der Waals surface area contributed by atoms with E-state index >= 15 is 0 Å². The van der Waals surface area contributed by atoms with Gasteiger partial charge in [-0.15, -0.1) is 0 Å². The molecule has 1 aliphatic rings. The first-order valence-electron chi connectivity index (χ1n) is 9.36. The number of anilines is 1. The number of carbonyl (C=O) groups excluding carboxylic acids is 1. The molecule has 0 aliphatic carbocycles. The molecule has 1 fully saturated rings.